The Morgan fingerprint density at radius 2 is 0.875 bits per heavy atom. The van der Waals surface area contributed by atoms with Crippen molar-refractivity contribution >= 4 is 19.8 Å². The van der Waals surface area contributed by atoms with Gasteiger partial charge in [-0.1, -0.05) is 218 Å². The number of hydrogen-bond acceptors (Lipinski definition) is 6. The smallest absolute Gasteiger partial charge is 0.458 e. The van der Waals surface area contributed by atoms with Crippen LogP contribution in [0.1, 0.15) is 232 Å². The van der Waals surface area contributed by atoms with Gasteiger partial charge in [-0.3, -0.25) is 9.32 Å². The van der Waals surface area contributed by atoms with Gasteiger partial charge in [-0.05, 0) is 38.5 Å². The number of esters is 2. The molecule has 0 aromatic rings. The van der Waals surface area contributed by atoms with Crippen molar-refractivity contribution in [3.63, 3.8) is 0 Å². The first kappa shape index (κ1) is 54.3. The normalized spacial score (nSPS) is 12.7. The summed E-state index contributed by atoms with van der Waals surface area (Å²) in [5, 5.41) is 0. The van der Waals surface area contributed by atoms with Crippen LogP contribution in [-0.4, -0.2) is 41.0 Å². The topological polar surface area (TPSA) is 119 Å². The molecule has 1 atom stereocenters. The lowest BCUT2D eigenvalue weighted by atomic mass is 10.0. The first-order valence-electron chi connectivity index (χ1n) is 23.3. The maximum absolute atomic E-state index is 12.4. The molecule has 0 aliphatic rings. The number of carbonyl (C=O) groups excluding carboxylic acids is 2. The van der Waals surface area contributed by atoms with Crippen molar-refractivity contribution in [1.82, 2.24) is 0 Å². The van der Waals surface area contributed by atoms with Gasteiger partial charge in [0.1, 0.15) is 6.61 Å². The van der Waals surface area contributed by atoms with Gasteiger partial charge in [-0.15, -0.1) is 0 Å². The lowest BCUT2D eigenvalue weighted by molar-refractivity contribution is -0.159. The van der Waals surface area contributed by atoms with Gasteiger partial charge in [0.15, 0.2) is 6.10 Å². The molecule has 0 unspecified atom stereocenters. The Balaban J connectivity index is 3.92. The van der Waals surface area contributed by atoms with E-state index in [1.807, 2.05) is 12.2 Å². The van der Waals surface area contributed by atoms with Gasteiger partial charge < -0.3 is 19.3 Å². The number of hydrogen-bond donors (Lipinski definition) is 2. The number of rotatable bonds is 43. The van der Waals surface area contributed by atoms with Gasteiger partial charge in [-0.2, -0.15) is 0 Å². The summed E-state index contributed by atoms with van der Waals surface area (Å²) in [6.45, 7) is 3.58. The minimum atomic E-state index is -4.78. The summed E-state index contributed by atoms with van der Waals surface area (Å²) in [6.07, 6.45) is 52.3. The van der Waals surface area contributed by atoms with Gasteiger partial charge in [0.25, 0.3) is 0 Å². The molecule has 0 amide bonds. The second kappa shape index (κ2) is 42.9. The molecule has 56 heavy (non-hydrogen) atoms. The number of allylic oxidation sites excluding steroid dienone is 5. The number of ether oxygens (including phenoxy) is 2. The van der Waals surface area contributed by atoms with Crippen LogP contribution in [0.5, 0.6) is 0 Å². The van der Waals surface area contributed by atoms with Gasteiger partial charge in [0.2, 0.25) is 0 Å². The third-order valence-corrected chi connectivity index (χ3v) is 10.7. The van der Waals surface area contributed by atoms with Crippen LogP contribution in [0.15, 0.2) is 36.5 Å². The Kier molecular flexibility index (Phi) is 41.5. The lowest BCUT2D eigenvalue weighted by Gasteiger charge is -2.18. The largest absolute Gasteiger partial charge is 0.469 e. The van der Waals surface area contributed by atoms with Crippen molar-refractivity contribution in [3.8, 4) is 0 Å². The van der Waals surface area contributed by atoms with E-state index in [4.69, 9.17) is 19.3 Å². The Hall–Kier alpha value is -1.73. The molecule has 8 nitrogen and oxygen atoms in total. The fraction of sp³-hybridized carbons (Fsp3) is 0.830. The Morgan fingerprint density at radius 3 is 1.29 bits per heavy atom. The van der Waals surface area contributed by atoms with Crippen molar-refractivity contribution < 1.29 is 37.9 Å². The van der Waals surface area contributed by atoms with E-state index in [1.165, 1.54) is 186 Å². The number of phosphoric acid groups is 1. The zero-order valence-corrected chi connectivity index (χ0v) is 37.2. The van der Waals surface area contributed by atoms with E-state index in [-0.39, 0.29) is 13.0 Å². The standard InChI is InChI=1S/C47H87O8P/c1-3-5-7-9-11-13-15-17-19-20-21-22-23-24-25-26-28-30-32-34-36-38-40-42-47(49)55-45(44-54-56(50,51)52)43-53-46(48)41-39-37-35-33-31-29-27-18-16-14-12-10-8-6-4-2/h34-37,39,41,45H,3-33,38,40,42-44H2,1-2H3,(H2,50,51,52)/b36-34+,37-35+,41-39+/t45-/m1/s1. The Morgan fingerprint density at radius 1 is 0.500 bits per heavy atom. The molecule has 0 radical (unpaired) electrons. The molecule has 0 aliphatic carbocycles. The number of carbonyl (C=O) groups is 2. The molecule has 0 bridgehead atoms. The van der Waals surface area contributed by atoms with Crippen molar-refractivity contribution in [2.75, 3.05) is 13.2 Å². The van der Waals surface area contributed by atoms with E-state index < -0.39 is 32.5 Å². The predicted octanol–water partition coefficient (Wildman–Crippen LogP) is 14.5. The number of phosphoric ester groups is 1. The molecular weight excluding hydrogens is 723 g/mol. The zero-order chi connectivity index (χ0) is 41.1. The fourth-order valence-corrected chi connectivity index (χ4v) is 7.12. The highest BCUT2D eigenvalue weighted by Crippen LogP contribution is 2.36. The van der Waals surface area contributed by atoms with Crippen LogP contribution in [0.3, 0.4) is 0 Å². The van der Waals surface area contributed by atoms with Crippen LogP contribution in [-0.2, 0) is 28.2 Å². The predicted molar refractivity (Wildman–Crippen MR) is 235 cm³/mol. The summed E-state index contributed by atoms with van der Waals surface area (Å²) in [6, 6.07) is 0. The van der Waals surface area contributed by atoms with Crippen LogP contribution in [0, 0.1) is 0 Å². The van der Waals surface area contributed by atoms with E-state index in [0.29, 0.717) is 6.42 Å². The van der Waals surface area contributed by atoms with E-state index in [0.717, 1.165) is 25.7 Å². The Labute approximate surface area is 344 Å². The second-order valence-electron chi connectivity index (χ2n) is 15.8. The van der Waals surface area contributed by atoms with E-state index in [9.17, 15) is 14.2 Å². The second-order valence-corrected chi connectivity index (χ2v) is 17.0. The average molecular weight is 811 g/mol. The molecule has 328 valence electrons. The third-order valence-electron chi connectivity index (χ3n) is 10.2. The summed E-state index contributed by atoms with van der Waals surface area (Å²) in [7, 11) is -4.78. The molecule has 0 aromatic heterocycles. The summed E-state index contributed by atoms with van der Waals surface area (Å²) in [4.78, 5) is 42.8. The monoisotopic (exact) mass is 811 g/mol. The highest BCUT2D eigenvalue weighted by molar-refractivity contribution is 7.46. The average Bonchev–Trinajstić information content (AvgIpc) is 3.17. The van der Waals surface area contributed by atoms with Crippen LogP contribution in [0.4, 0.5) is 0 Å². The van der Waals surface area contributed by atoms with Crippen molar-refractivity contribution in [2.24, 2.45) is 0 Å². The van der Waals surface area contributed by atoms with Gasteiger partial charge >= 0.3 is 19.8 Å². The summed E-state index contributed by atoms with van der Waals surface area (Å²) >= 11 is 0. The molecule has 0 aliphatic heterocycles. The molecule has 0 saturated carbocycles. The number of unbranched alkanes of at least 4 members (excludes halogenated alkanes) is 30. The van der Waals surface area contributed by atoms with Crippen LogP contribution in [0.2, 0.25) is 0 Å². The van der Waals surface area contributed by atoms with Gasteiger partial charge in [0.05, 0.1) is 6.61 Å². The molecule has 0 saturated heterocycles. The van der Waals surface area contributed by atoms with Crippen molar-refractivity contribution in [1.29, 1.82) is 0 Å². The van der Waals surface area contributed by atoms with Crippen LogP contribution >= 0.6 is 7.82 Å². The molecule has 0 aromatic carbocycles. The molecule has 0 fully saturated rings. The van der Waals surface area contributed by atoms with Gasteiger partial charge in [0, 0.05) is 12.5 Å². The Bertz CT molecular complexity index is 1000. The zero-order valence-electron chi connectivity index (χ0n) is 36.3. The highest BCUT2D eigenvalue weighted by Gasteiger charge is 2.22. The molecule has 0 rings (SSSR count). The first-order valence-corrected chi connectivity index (χ1v) is 24.9. The van der Waals surface area contributed by atoms with Crippen LogP contribution in [0.25, 0.3) is 0 Å². The molecule has 0 heterocycles. The van der Waals surface area contributed by atoms with E-state index in [1.54, 1.807) is 6.08 Å². The summed E-state index contributed by atoms with van der Waals surface area (Å²) in [5.74, 6) is -1.17. The minimum Gasteiger partial charge on any atom is -0.458 e. The third kappa shape index (κ3) is 45.0. The molecular formula is C47H87O8P. The summed E-state index contributed by atoms with van der Waals surface area (Å²) < 4.78 is 26.2. The summed E-state index contributed by atoms with van der Waals surface area (Å²) in [5.41, 5.74) is 0. The quantitative estimate of drug-likeness (QED) is 0.0156. The van der Waals surface area contributed by atoms with Crippen LogP contribution < -0.4 is 0 Å². The molecule has 9 heteroatoms. The minimum absolute atomic E-state index is 0.147. The first-order chi connectivity index (χ1) is 27.3. The lowest BCUT2D eigenvalue weighted by Crippen LogP contribution is -2.29. The highest BCUT2D eigenvalue weighted by atomic mass is 31.2. The maximum Gasteiger partial charge on any atom is 0.469 e. The molecule has 2 N–H and O–H groups in total. The van der Waals surface area contributed by atoms with Crippen molar-refractivity contribution in [3.05, 3.63) is 36.5 Å². The molecule has 0 spiro atoms. The SMILES string of the molecule is CCCCCCCCCCCCC/C=C/C=C/C(=O)OC[C@H](COP(=O)(O)O)OC(=O)CCC/C=C/CCCCCCCCCCCCCCCCCCCC. The van der Waals surface area contributed by atoms with Crippen molar-refractivity contribution in [2.45, 2.75) is 238 Å². The van der Waals surface area contributed by atoms with E-state index >= 15 is 0 Å². The van der Waals surface area contributed by atoms with Gasteiger partial charge in [-0.25, -0.2) is 9.36 Å². The fourth-order valence-electron chi connectivity index (χ4n) is 6.76. The maximum atomic E-state index is 12.4. The van der Waals surface area contributed by atoms with E-state index in [2.05, 4.69) is 30.5 Å².